The van der Waals surface area contributed by atoms with Gasteiger partial charge < -0.3 is 18.8 Å². The molecule has 1 aliphatic carbocycles. The Bertz CT molecular complexity index is 715. The van der Waals surface area contributed by atoms with Crippen LogP contribution in [0.2, 0.25) is 0 Å². The van der Waals surface area contributed by atoms with E-state index in [2.05, 4.69) is 4.98 Å². The number of hydrogen-bond donors (Lipinski definition) is 0. The van der Waals surface area contributed by atoms with Gasteiger partial charge in [-0.15, -0.1) is 0 Å². The van der Waals surface area contributed by atoms with E-state index in [1.165, 1.54) is 0 Å². The Morgan fingerprint density at radius 1 is 1.33 bits per heavy atom. The molecule has 0 N–H and O–H groups in total. The van der Waals surface area contributed by atoms with Crippen LogP contribution in [-0.2, 0) is 4.74 Å². The summed E-state index contributed by atoms with van der Waals surface area (Å²) in [4.78, 5) is 18.9. The number of fused-ring (bicyclic) bond motifs is 1. The van der Waals surface area contributed by atoms with Crippen LogP contribution in [0.3, 0.4) is 0 Å². The van der Waals surface area contributed by atoms with Gasteiger partial charge in [0.25, 0.3) is 5.91 Å². The Morgan fingerprint density at radius 3 is 3.00 bits per heavy atom. The van der Waals surface area contributed by atoms with Crippen molar-refractivity contribution in [3.63, 3.8) is 0 Å². The van der Waals surface area contributed by atoms with Gasteiger partial charge in [-0.1, -0.05) is 6.07 Å². The van der Waals surface area contributed by atoms with Crippen LogP contribution in [0.15, 0.2) is 41.1 Å². The largest absolute Gasteiger partial charge is 0.471 e. The Morgan fingerprint density at radius 2 is 2.25 bits per heavy atom. The monoisotopic (exact) mass is 328 g/mol. The third-order valence-corrected chi connectivity index (χ3v) is 4.76. The van der Waals surface area contributed by atoms with Crippen molar-refractivity contribution in [2.75, 3.05) is 13.2 Å². The predicted octanol–water partition coefficient (Wildman–Crippen LogP) is 2.43. The minimum absolute atomic E-state index is 0.0180. The summed E-state index contributed by atoms with van der Waals surface area (Å²) in [6.07, 6.45) is 4.75. The molecule has 0 spiro atoms. The molecule has 126 valence electrons. The topological polar surface area (TPSA) is 64.8 Å². The van der Waals surface area contributed by atoms with Gasteiger partial charge in [-0.2, -0.15) is 0 Å². The molecule has 3 atom stereocenters. The SMILES string of the molecule is Cc1ccoc1C(=O)N1CCO[C@@H]2[C@@H](Oc3ccccn3)CC[C@H]21. The second-order valence-corrected chi connectivity index (χ2v) is 6.24. The first-order valence-electron chi connectivity index (χ1n) is 8.28. The van der Waals surface area contributed by atoms with Crippen LogP contribution in [-0.4, -0.2) is 47.2 Å². The number of amides is 1. The van der Waals surface area contributed by atoms with Gasteiger partial charge >= 0.3 is 0 Å². The molecule has 1 saturated carbocycles. The average Bonchev–Trinajstić information content (AvgIpc) is 3.22. The second-order valence-electron chi connectivity index (χ2n) is 6.24. The second kappa shape index (κ2) is 6.28. The molecule has 6 nitrogen and oxygen atoms in total. The first-order chi connectivity index (χ1) is 11.7. The summed E-state index contributed by atoms with van der Waals surface area (Å²) in [6, 6.07) is 7.42. The third kappa shape index (κ3) is 2.67. The van der Waals surface area contributed by atoms with E-state index < -0.39 is 0 Å². The Balaban J connectivity index is 1.50. The van der Waals surface area contributed by atoms with E-state index in [9.17, 15) is 4.79 Å². The van der Waals surface area contributed by atoms with Crippen LogP contribution in [0.25, 0.3) is 0 Å². The van der Waals surface area contributed by atoms with E-state index in [1.807, 2.05) is 36.1 Å². The highest BCUT2D eigenvalue weighted by atomic mass is 16.5. The number of rotatable bonds is 3. The van der Waals surface area contributed by atoms with Crippen molar-refractivity contribution in [3.05, 3.63) is 48.0 Å². The molecule has 2 aliphatic rings. The van der Waals surface area contributed by atoms with Crippen molar-refractivity contribution in [2.45, 2.75) is 38.0 Å². The Hall–Kier alpha value is -2.34. The maximum atomic E-state index is 12.8. The van der Waals surface area contributed by atoms with Crippen LogP contribution in [0.4, 0.5) is 0 Å². The fourth-order valence-electron chi connectivity index (χ4n) is 3.59. The summed E-state index contributed by atoms with van der Waals surface area (Å²) < 4.78 is 17.3. The molecule has 0 radical (unpaired) electrons. The van der Waals surface area contributed by atoms with Gasteiger partial charge in [0.1, 0.15) is 12.2 Å². The average molecular weight is 328 g/mol. The quantitative estimate of drug-likeness (QED) is 0.866. The lowest BCUT2D eigenvalue weighted by Crippen LogP contribution is -2.54. The molecule has 3 heterocycles. The van der Waals surface area contributed by atoms with Crippen molar-refractivity contribution in [1.82, 2.24) is 9.88 Å². The van der Waals surface area contributed by atoms with E-state index in [-0.39, 0.29) is 24.2 Å². The first-order valence-corrected chi connectivity index (χ1v) is 8.28. The van der Waals surface area contributed by atoms with Crippen molar-refractivity contribution in [2.24, 2.45) is 0 Å². The summed E-state index contributed by atoms with van der Waals surface area (Å²) in [5.41, 5.74) is 0.863. The molecule has 4 rings (SSSR count). The lowest BCUT2D eigenvalue weighted by atomic mass is 10.1. The number of aryl methyl sites for hydroxylation is 1. The van der Waals surface area contributed by atoms with Crippen LogP contribution < -0.4 is 4.74 Å². The van der Waals surface area contributed by atoms with Gasteiger partial charge in [0.15, 0.2) is 5.76 Å². The lowest BCUT2D eigenvalue weighted by Gasteiger charge is -2.38. The predicted molar refractivity (Wildman–Crippen MR) is 85.9 cm³/mol. The van der Waals surface area contributed by atoms with Crippen molar-refractivity contribution >= 4 is 5.91 Å². The fourth-order valence-corrected chi connectivity index (χ4v) is 3.59. The van der Waals surface area contributed by atoms with E-state index in [0.29, 0.717) is 24.8 Å². The van der Waals surface area contributed by atoms with Gasteiger partial charge in [0, 0.05) is 24.4 Å². The van der Waals surface area contributed by atoms with Crippen molar-refractivity contribution < 1.29 is 18.7 Å². The number of carbonyl (C=O) groups excluding carboxylic acids is 1. The third-order valence-electron chi connectivity index (χ3n) is 4.76. The fraction of sp³-hybridized carbons (Fsp3) is 0.444. The normalized spacial score (nSPS) is 26.2. The first kappa shape index (κ1) is 15.2. The molecule has 24 heavy (non-hydrogen) atoms. The molecular weight excluding hydrogens is 308 g/mol. The van der Waals surface area contributed by atoms with Gasteiger partial charge in [-0.25, -0.2) is 4.98 Å². The molecule has 2 fully saturated rings. The number of ether oxygens (including phenoxy) is 2. The van der Waals surface area contributed by atoms with E-state index in [0.717, 1.165) is 18.4 Å². The zero-order valence-electron chi connectivity index (χ0n) is 13.6. The van der Waals surface area contributed by atoms with Crippen LogP contribution >= 0.6 is 0 Å². The molecule has 1 aliphatic heterocycles. The van der Waals surface area contributed by atoms with Gasteiger partial charge in [-0.05, 0) is 31.9 Å². The van der Waals surface area contributed by atoms with Crippen molar-refractivity contribution in [1.29, 1.82) is 0 Å². The molecule has 1 amide bonds. The summed E-state index contributed by atoms with van der Waals surface area (Å²) in [5.74, 6) is 0.955. The number of carbonyl (C=O) groups is 1. The Labute approximate surface area is 140 Å². The van der Waals surface area contributed by atoms with E-state index in [1.54, 1.807) is 12.5 Å². The summed E-state index contributed by atoms with van der Waals surface area (Å²) in [7, 11) is 0. The maximum absolute atomic E-state index is 12.8. The number of furan rings is 1. The molecule has 1 saturated heterocycles. The number of morpholine rings is 1. The minimum Gasteiger partial charge on any atom is -0.471 e. The number of pyridine rings is 1. The van der Waals surface area contributed by atoms with E-state index >= 15 is 0 Å². The van der Waals surface area contributed by atoms with Crippen LogP contribution in [0.1, 0.15) is 29.0 Å². The van der Waals surface area contributed by atoms with E-state index in [4.69, 9.17) is 13.9 Å². The molecule has 2 aromatic rings. The highest BCUT2D eigenvalue weighted by molar-refractivity contribution is 5.93. The molecule has 2 aromatic heterocycles. The molecule has 0 bridgehead atoms. The van der Waals surface area contributed by atoms with Gasteiger partial charge in [0.2, 0.25) is 5.88 Å². The van der Waals surface area contributed by atoms with Crippen LogP contribution in [0.5, 0.6) is 5.88 Å². The summed E-state index contributed by atoms with van der Waals surface area (Å²) in [6.45, 7) is 2.97. The van der Waals surface area contributed by atoms with Gasteiger partial charge in [0.05, 0.1) is 18.9 Å². The van der Waals surface area contributed by atoms with Crippen molar-refractivity contribution in [3.8, 4) is 5.88 Å². The standard InChI is InChI=1S/C18H20N2O4/c1-12-7-10-22-16(12)18(21)20-9-11-23-17-13(20)5-6-14(17)24-15-4-2-3-8-19-15/h2-4,7-8,10,13-14,17H,5-6,9,11H2,1H3/t13-,14+,17+/m1/s1. The van der Waals surface area contributed by atoms with Gasteiger partial charge in [-0.3, -0.25) is 4.79 Å². The summed E-state index contributed by atoms with van der Waals surface area (Å²) in [5, 5.41) is 0. The highest BCUT2D eigenvalue weighted by Crippen LogP contribution is 2.33. The molecule has 0 unspecified atom stereocenters. The zero-order valence-corrected chi connectivity index (χ0v) is 13.6. The molecular formula is C18H20N2O4. The number of nitrogens with zero attached hydrogens (tertiary/aromatic N) is 2. The smallest absolute Gasteiger partial charge is 0.290 e. The Kier molecular flexibility index (Phi) is 3.98. The highest BCUT2D eigenvalue weighted by Gasteiger charge is 2.46. The number of hydrogen-bond acceptors (Lipinski definition) is 5. The minimum atomic E-state index is -0.125. The maximum Gasteiger partial charge on any atom is 0.290 e. The molecule has 6 heteroatoms. The lowest BCUT2D eigenvalue weighted by molar-refractivity contribution is -0.0798. The molecule has 0 aromatic carbocycles. The van der Waals surface area contributed by atoms with Crippen LogP contribution in [0, 0.1) is 6.92 Å². The zero-order chi connectivity index (χ0) is 16.5. The summed E-state index contributed by atoms with van der Waals surface area (Å²) >= 11 is 0. The number of aromatic nitrogens is 1.